The van der Waals surface area contributed by atoms with Crippen molar-refractivity contribution in [2.45, 2.75) is 13.0 Å². The second-order valence-corrected chi connectivity index (χ2v) is 6.60. The number of ether oxygens (including phenoxy) is 1. The topological polar surface area (TPSA) is 92.8 Å². The van der Waals surface area contributed by atoms with Crippen LogP contribution < -0.4 is 4.72 Å². The van der Waals surface area contributed by atoms with Crippen LogP contribution in [0.5, 0.6) is 0 Å². The van der Waals surface area contributed by atoms with Gasteiger partial charge in [0, 0.05) is 19.5 Å². The SMILES string of the molecule is C[C@@H](OC(=O)CNS(=O)(=O)/C=C/c1ccccc1)C(=O)N(C)C. The van der Waals surface area contributed by atoms with Gasteiger partial charge in [0.05, 0.1) is 0 Å². The fraction of sp³-hybridized carbons (Fsp3) is 0.333. The number of nitrogens with one attached hydrogen (secondary N) is 1. The van der Waals surface area contributed by atoms with E-state index in [0.717, 1.165) is 5.41 Å². The highest BCUT2D eigenvalue weighted by Gasteiger charge is 2.20. The maximum atomic E-state index is 11.8. The van der Waals surface area contributed by atoms with Gasteiger partial charge in [0.1, 0.15) is 6.54 Å². The van der Waals surface area contributed by atoms with Crippen molar-refractivity contribution >= 4 is 28.0 Å². The molecule has 1 N–H and O–H groups in total. The van der Waals surface area contributed by atoms with Crippen molar-refractivity contribution in [2.75, 3.05) is 20.6 Å². The number of nitrogens with zero attached hydrogens (tertiary/aromatic N) is 1. The lowest BCUT2D eigenvalue weighted by atomic mass is 10.2. The van der Waals surface area contributed by atoms with Gasteiger partial charge in [-0.25, -0.2) is 13.1 Å². The fourth-order valence-corrected chi connectivity index (χ4v) is 2.34. The molecule has 23 heavy (non-hydrogen) atoms. The molecule has 0 saturated carbocycles. The zero-order valence-corrected chi connectivity index (χ0v) is 14.0. The first-order chi connectivity index (χ1) is 10.7. The third-order valence-electron chi connectivity index (χ3n) is 2.75. The third kappa shape index (κ3) is 7.07. The number of rotatable bonds is 7. The van der Waals surface area contributed by atoms with Crippen LogP contribution >= 0.6 is 0 Å². The van der Waals surface area contributed by atoms with Crippen molar-refractivity contribution in [3.05, 3.63) is 41.3 Å². The number of esters is 1. The van der Waals surface area contributed by atoms with Crippen LogP contribution in [0, 0.1) is 0 Å². The van der Waals surface area contributed by atoms with Crippen LogP contribution in [-0.4, -0.2) is 51.9 Å². The monoisotopic (exact) mass is 340 g/mol. The Balaban J connectivity index is 2.51. The summed E-state index contributed by atoms with van der Waals surface area (Å²) >= 11 is 0. The van der Waals surface area contributed by atoms with Gasteiger partial charge < -0.3 is 9.64 Å². The number of hydrogen-bond acceptors (Lipinski definition) is 5. The lowest BCUT2D eigenvalue weighted by molar-refractivity contribution is -0.156. The first-order valence-electron chi connectivity index (χ1n) is 6.85. The average Bonchev–Trinajstić information content (AvgIpc) is 2.51. The van der Waals surface area contributed by atoms with Crippen molar-refractivity contribution in [1.82, 2.24) is 9.62 Å². The minimum atomic E-state index is -3.77. The Bertz CT molecular complexity index is 668. The summed E-state index contributed by atoms with van der Waals surface area (Å²) in [4.78, 5) is 24.4. The summed E-state index contributed by atoms with van der Waals surface area (Å²) in [5.74, 6) is -1.21. The van der Waals surface area contributed by atoms with Crippen molar-refractivity contribution in [1.29, 1.82) is 0 Å². The first kappa shape index (κ1) is 18.9. The third-order valence-corrected chi connectivity index (χ3v) is 3.79. The molecular weight excluding hydrogens is 320 g/mol. The van der Waals surface area contributed by atoms with E-state index in [1.54, 1.807) is 24.3 Å². The number of carbonyl (C=O) groups is 2. The molecule has 0 heterocycles. The normalized spacial score (nSPS) is 12.8. The predicted octanol–water partition coefficient (Wildman–Crippen LogP) is 0.597. The largest absolute Gasteiger partial charge is 0.452 e. The lowest BCUT2D eigenvalue weighted by Crippen LogP contribution is -2.37. The van der Waals surface area contributed by atoms with Crippen LogP contribution in [0.4, 0.5) is 0 Å². The summed E-state index contributed by atoms with van der Waals surface area (Å²) < 4.78 is 30.4. The minimum Gasteiger partial charge on any atom is -0.452 e. The van der Waals surface area contributed by atoms with E-state index >= 15 is 0 Å². The Morgan fingerprint density at radius 2 is 1.87 bits per heavy atom. The summed E-state index contributed by atoms with van der Waals surface area (Å²) in [5.41, 5.74) is 0.714. The molecule has 0 radical (unpaired) electrons. The molecule has 1 amide bonds. The van der Waals surface area contributed by atoms with Crippen LogP contribution in [0.3, 0.4) is 0 Å². The molecule has 126 valence electrons. The van der Waals surface area contributed by atoms with E-state index in [0.29, 0.717) is 5.56 Å². The zero-order chi connectivity index (χ0) is 17.5. The molecule has 0 saturated heterocycles. The second kappa shape index (κ2) is 8.44. The van der Waals surface area contributed by atoms with Gasteiger partial charge in [-0.05, 0) is 18.6 Å². The van der Waals surface area contributed by atoms with Crippen LogP contribution in [0.25, 0.3) is 6.08 Å². The van der Waals surface area contributed by atoms with E-state index in [2.05, 4.69) is 4.72 Å². The molecule has 0 aromatic heterocycles. The van der Waals surface area contributed by atoms with Gasteiger partial charge in [-0.2, -0.15) is 0 Å². The second-order valence-electron chi connectivity index (χ2n) is 4.94. The van der Waals surface area contributed by atoms with Gasteiger partial charge in [0.15, 0.2) is 6.10 Å². The number of carbonyl (C=O) groups excluding carboxylic acids is 2. The molecule has 0 aliphatic carbocycles. The van der Waals surface area contributed by atoms with E-state index in [1.165, 1.54) is 32.0 Å². The molecule has 1 aromatic carbocycles. The number of sulfonamides is 1. The maximum Gasteiger partial charge on any atom is 0.321 e. The van der Waals surface area contributed by atoms with Crippen LogP contribution in [0.1, 0.15) is 12.5 Å². The Hall–Kier alpha value is -2.19. The van der Waals surface area contributed by atoms with E-state index in [9.17, 15) is 18.0 Å². The molecule has 1 aromatic rings. The molecule has 0 aliphatic rings. The van der Waals surface area contributed by atoms with Crippen molar-refractivity contribution in [3.8, 4) is 0 Å². The summed E-state index contributed by atoms with van der Waals surface area (Å²) in [5, 5.41) is 0.962. The molecule has 0 fully saturated rings. The van der Waals surface area contributed by atoms with E-state index in [1.807, 2.05) is 6.07 Å². The average molecular weight is 340 g/mol. The van der Waals surface area contributed by atoms with Crippen LogP contribution in [0.2, 0.25) is 0 Å². The van der Waals surface area contributed by atoms with Gasteiger partial charge in [-0.3, -0.25) is 9.59 Å². The Labute approximate surface area is 136 Å². The number of amides is 1. The number of hydrogen-bond donors (Lipinski definition) is 1. The summed E-state index contributed by atoms with van der Waals surface area (Å²) in [7, 11) is -0.711. The first-order valence-corrected chi connectivity index (χ1v) is 8.39. The summed E-state index contributed by atoms with van der Waals surface area (Å²) in [6.07, 6.45) is 0.438. The van der Waals surface area contributed by atoms with Crippen LogP contribution in [0.15, 0.2) is 35.7 Å². The fourth-order valence-electron chi connectivity index (χ4n) is 1.59. The summed E-state index contributed by atoms with van der Waals surface area (Å²) in [6.45, 7) is 0.872. The molecule has 0 spiro atoms. The Morgan fingerprint density at radius 3 is 2.43 bits per heavy atom. The van der Waals surface area contributed by atoms with E-state index in [-0.39, 0.29) is 5.91 Å². The van der Waals surface area contributed by atoms with Crippen molar-refractivity contribution in [2.24, 2.45) is 0 Å². The van der Waals surface area contributed by atoms with E-state index < -0.39 is 28.6 Å². The highest BCUT2D eigenvalue weighted by molar-refractivity contribution is 7.92. The Kier molecular flexibility index (Phi) is 6.92. The molecule has 8 heteroatoms. The Morgan fingerprint density at radius 1 is 1.26 bits per heavy atom. The van der Waals surface area contributed by atoms with E-state index in [4.69, 9.17) is 4.74 Å². The highest BCUT2D eigenvalue weighted by atomic mass is 32.2. The lowest BCUT2D eigenvalue weighted by Gasteiger charge is -2.17. The molecule has 1 atom stereocenters. The minimum absolute atomic E-state index is 0.384. The van der Waals surface area contributed by atoms with Crippen molar-refractivity contribution < 1.29 is 22.7 Å². The van der Waals surface area contributed by atoms with Gasteiger partial charge in [-0.1, -0.05) is 30.3 Å². The van der Waals surface area contributed by atoms with Gasteiger partial charge >= 0.3 is 5.97 Å². The number of likely N-dealkylation sites (N-methyl/N-ethyl adjacent to an activating group) is 1. The van der Waals surface area contributed by atoms with Gasteiger partial charge in [-0.15, -0.1) is 0 Å². The van der Waals surface area contributed by atoms with Gasteiger partial charge in [0.25, 0.3) is 5.91 Å². The van der Waals surface area contributed by atoms with Crippen LogP contribution in [-0.2, 0) is 24.3 Å². The molecular formula is C15H20N2O5S. The quantitative estimate of drug-likeness (QED) is 0.734. The maximum absolute atomic E-state index is 11.8. The highest BCUT2D eigenvalue weighted by Crippen LogP contribution is 2.03. The smallest absolute Gasteiger partial charge is 0.321 e. The predicted molar refractivity (Wildman–Crippen MR) is 86.6 cm³/mol. The molecule has 7 nitrogen and oxygen atoms in total. The number of benzene rings is 1. The molecule has 1 rings (SSSR count). The van der Waals surface area contributed by atoms with Gasteiger partial charge in [0.2, 0.25) is 10.0 Å². The summed E-state index contributed by atoms with van der Waals surface area (Å²) in [6, 6.07) is 8.86. The van der Waals surface area contributed by atoms with Crippen molar-refractivity contribution in [3.63, 3.8) is 0 Å². The standard InChI is InChI=1S/C15H20N2O5S/c1-12(15(19)17(2)3)22-14(18)11-16-23(20,21)10-9-13-7-5-4-6-8-13/h4-10,12,16H,11H2,1-3H3/b10-9+/t12-/m1/s1. The molecule has 0 bridgehead atoms. The molecule has 0 aliphatic heterocycles. The molecule has 0 unspecified atom stereocenters. The zero-order valence-electron chi connectivity index (χ0n) is 13.2.